The van der Waals surface area contributed by atoms with Crippen molar-refractivity contribution in [1.82, 2.24) is 5.32 Å². The molecule has 0 saturated heterocycles. The van der Waals surface area contributed by atoms with Gasteiger partial charge in [0.2, 0.25) is 0 Å². The normalized spacial score (nSPS) is 12.5. The number of rotatable bonds is 6. The fraction of sp³-hybridized carbons (Fsp3) is 0.190. The van der Waals surface area contributed by atoms with Crippen molar-refractivity contribution >= 4 is 27.1 Å². The Bertz CT molecular complexity index is 1020. The highest BCUT2D eigenvalue weighted by atomic mass is 32.2. The molecule has 3 rings (SSSR count). The lowest BCUT2D eigenvalue weighted by atomic mass is 10.1. The maximum atomic E-state index is 13.2. The van der Waals surface area contributed by atoms with Crippen LogP contribution < -0.4 is 5.32 Å². The molecule has 6 heteroatoms. The number of aryl methyl sites for hydroxylation is 2. The van der Waals surface area contributed by atoms with Crippen LogP contribution in [0.2, 0.25) is 0 Å². The summed E-state index contributed by atoms with van der Waals surface area (Å²) in [5.74, 6) is -0.272. The minimum Gasteiger partial charge on any atom is -0.350 e. The van der Waals surface area contributed by atoms with Gasteiger partial charge in [-0.05, 0) is 42.5 Å². The molecule has 2 aromatic carbocycles. The summed E-state index contributed by atoms with van der Waals surface area (Å²) in [6.07, 6.45) is 0. The molecule has 1 amide bonds. The Labute approximate surface area is 163 Å². The van der Waals surface area contributed by atoms with Crippen molar-refractivity contribution in [3.05, 3.63) is 88.3 Å². The van der Waals surface area contributed by atoms with Gasteiger partial charge < -0.3 is 5.32 Å². The predicted molar refractivity (Wildman–Crippen MR) is 109 cm³/mol. The molecule has 140 valence electrons. The highest BCUT2D eigenvalue weighted by Gasteiger charge is 2.30. The van der Waals surface area contributed by atoms with Crippen LogP contribution >= 0.6 is 11.3 Å². The van der Waals surface area contributed by atoms with E-state index in [0.29, 0.717) is 15.3 Å². The molecular formula is C21H21NO3S2. The number of carbonyl (C=O) groups excluding carboxylic acids is 1. The third kappa shape index (κ3) is 4.28. The molecule has 0 aliphatic heterocycles. The van der Waals surface area contributed by atoms with E-state index in [2.05, 4.69) is 5.32 Å². The molecule has 1 heterocycles. The molecule has 0 fully saturated rings. The van der Waals surface area contributed by atoms with Crippen LogP contribution in [-0.2, 0) is 9.84 Å². The first-order valence-electron chi connectivity index (χ1n) is 8.57. The molecule has 0 aliphatic rings. The number of sulfone groups is 1. The molecule has 1 atom stereocenters. The van der Waals surface area contributed by atoms with Crippen molar-refractivity contribution in [2.45, 2.75) is 23.3 Å². The lowest BCUT2D eigenvalue weighted by Crippen LogP contribution is -2.32. The highest BCUT2D eigenvalue weighted by molar-refractivity contribution is 7.93. The summed E-state index contributed by atoms with van der Waals surface area (Å²) >= 11 is 1.19. The van der Waals surface area contributed by atoms with Gasteiger partial charge in [-0.25, -0.2) is 8.42 Å². The summed E-state index contributed by atoms with van der Waals surface area (Å²) < 4.78 is 26.6. The van der Waals surface area contributed by atoms with E-state index in [1.807, 2.05) is 50.2 Å². The van der Waals surface area contributed by atoms with Gasteiger partial charge in [0.1, 0.15) is 9.46 Å². The quantitative estimate of drug-likeness (QED) is 0.672. The Kier molecular flexibility index (Phi) is 5.77. The summed E-state index contributed by atoms with van der Waals surface area (Å²) in [5.41, 5.74) is 3.12. The third-order valence-corrected chi connectivity index (χ3v) is 7.97. The Morgan fingerprint density at radius 2 is 1.70 bits per heavy atom. The molecule has 1 N–H and O–H groups in total. The predicted octanol–water partition coefficient (Wildman–Crippen LogP) is 4.31. The van der Waals surface area contributed by atoms with E-state index in [-0.39, 0.29) is 12.5 Å². The summed E-state index contributed by atoms with van der Waals surface area (Å²) in [6, 6.07) is 18.0. The van der Waals surface area contributed by atoms with E-state index in [9.17, 15) is 13.2 Å². The number of hydrogen-bond donors (Lipinski definition) is 1. The van der Waals surface area contributed by atoms with Gasteiger partial charge in [-0.1, -0.05) is 54.1 Å². The summed E-state index contributed by atoms with van der Waals surface area (Å²) in [4.78, 5) is 12.6. The molecule has 0 spiro atoms. The molecule has 0 unspecified atom stereocenters. The van der Waals surface area contributed by atoms with E-state index >= 15 is 0 Å². The smallest absolute Gasteiger partial charge is 0.251 e. The first-order valence-corrected chi connectivity index (χ1v) is 11.0. The molecule has 27 heavy (non-hydrogen) atoms. The maximum Gasteiger partial charge on any atom is 0.251 e. The van der Waals surface area contributed by atoms with Gasteiger partial charge in [-0.2, -0.15) is 0 Å². The fourth-order valence-corrected chi connectivity index (χ4v) is 5.73. The van der Waals surface area contributed by atoms with E-state index < -0.39 is 15.1 Å². The average molecular weight is 400 g/mol. The fourth-order valence-electron chi connectivity index (χ4n) is 2.86. The Balaban J connectivity index is 1.90. The van der Waals surface area contributed by atoms with Gasteiger partial charge in [-0.3, -0.25) is 4.79 Å². The Morgan fingerprint density at radius 1 is 1.00 bits per heavy atom. The van der Waals surface area contributed by atoms with Crippen LogP contribution in [0.5, 0.6) is 0 Å². The second kappa shape index (κ2) is 8.06. The van der Waals surface area contributed by atoms with Gasteiger partial charge in [0.15, 0.2) is 9.84 Å². The Morgan fingerprint density at radius 3 is 2.33 bits per heavy atom. The molecule has 4 nitrogen and oxygen atoms in total. The van der Waals surface area contributed by atoms with Crippen LogP contribution in [0.25, 0.3) is 0 Å². The van der Waals surface area contributed by atoms with Crippen molar-refractivity contribution in [2.75, 3.05) is 6.54 Å². The lowest BCUT2D eigenvalue weighted by Gasteiger charge is -2.19. The molecule has 0 bridgehead atoms. The van der Waals surface area contributed by atoms with Crippen molar-refractivity contribution in [3.63, 3.8) is 0 Å². The maximum absolute atomic E-state index is 13.2. The van der Waals surface area contributed by atoms with E-state index in [1.54, 1.807) is 29.6 Å². The van der Waals surface area contributed by atoms with Crippen LogP contribution in [0.4, 0.5) is 0 Å². The zero-order valence-electron chi connectivity index (χ0n) is 15.2. The SMILES string of the molecule is Cc1ccc([C@@H](CNC(=O)c2ccccc2C)S(=O)(=O)c2cccs2)cc1. The monoisotopic (exact) mass is 399 g/mol. The number of nitrogens with one attached hydrogen (secondary N) is 1. The van der Waals surface area contributed by atoms with Crippen molar-refractivity contribution in [2.24, 2.45) is 0 Å². The average Bonchev–Trinajstić information content (AvgIpc) is 3.19. The molecule has 1 aromatic heterocycles. The molecule has 0 saturated carbocycles. The number of amides is 1. The number of benzene rings is 2. The highest BCUT2D eigenvalue weighted by Crippen LogP contribution is 2.31. The van der Waals surface area contributed by atoms with Crippen LogP contribution in [0.1, 0.15) is 32.3 Å². The minimum absolute atomic E-state index is 0.0104. The van der Waals surface area contributed by atoms with Gasteiger partial charge >= 0.3 is 0 Å². The summed E-state index contributed by atoms with van der Waals surface area (Å²) in [7, 11) is -3.61. The standard InChI is InChI=1S/C21H21NO3S2/c1-15-9-11-17(12-10-15)19(27(24,25)20-8-5-13-26-20)14-22-21(23)18-7-4-3-6-16(18)2/h3-13,19H,14H2,1-2H3,(H,22,23)/t19-/m1/s1. The first-order chi connectivity index (χ1) is 12.9. The van der Waals surface area contributed by atoms with Gasteiger partial charge in [0.05, 0.1) is 0 Å². The van der Waals surface area contributed by atoms with Crippen LogP contribution in [0.15, 0.2) is 70.3 Å². The second-order valence-electron chi connectivity index (χ2n) is 6.40. The van der Waals surface area contributed by atoms with Crippen molar-refractivity contribution in [3.8, 4) is 0 Å². The van der Waals surface area contributed by atoms with Crippen LogP contribution in [-0.4, -0.2) is 20.9 Å². The number of thiophene rings is 1. The first kappa shape index (κ1) is 19.3. The molecular weight excluding hydrogens is 378 g/mol. The van der Waals surface area contributed by atoms with Crippen LogP contribution in [0, 0.1) is 13.8 Å². The summed E-state index contributed by atoms with van der Waals surface area (Å²) in [5, 5.41) is 3.71. The topological polar surface area (TPSA) is 63.2 Å². The Hall–Kier alpha value is -2.44. The zero-order valence-corrected chi connectivity index (χ0v) is 16.8. The van der Waals surface area contributed by atoms with Crippen molar-refractivity contribution in [1.29, 1.82) is 0 Å². The van der Waals surface area contributed by atoms with Crippen molar-refractivity contribution < 1.29 is 13.2 Å². The van der Waals surface area contributed by atoms with E-state index in [1.165, 1.54) is 11.3 Å². The third-order valence-electron chi connectivity index (χ3n) is 4.44. The minimum atomic E-state index is -3.61. The molecule has 0 aliphatic carbocycles. The van der Waals surface area contributed by atoms with E-state index in [4.69, 9.17) is 0 Å². The summed E-state index contributed by atoms with van der Waals surface area (Å²) in [6.45, 7) is 3.82. The number of carbonyl (C=O) groups is 1. The van der Waals surface area contributed by atoms with E-state index in [0.717, 1.165) is 11.1 Å². The molecule has 0 radical (unpaired) electrons. The molecule has 3 aromatic rings. The number of hydrogen-bond acceptors (Lipinski definition) is 4. The second-order valence-corrected chi connectivity index (χ2v) is 9.71. The lowest BCUT2D eigenvalue weighted by molar-refractivity contribution is 0.0953. The van der Waals surface area contributed by atoms with Gasteiger partial charge in [0.25, 0.3) is 5.91 Å². The van der Waals surface area contributed by atoms with Crippen LogP contribution in [0.3, 0.4) is 0 Å². The van der Waals surface area contributed by atoms with Gasteiger partial charge in [-0.15, -0.1) is 11.3 Å². The van der Waals surface area contributed by atoms with Gasteiger partial charge in [0, 0.05) is 12.1 Å². The largest absolute Gasteiger partial charge is 0.350 e. The zero-order chi connectivity index (χ0) is 19.4.